The third-order valence-electron chi connectivity index (χ3n) is 6.71. The Balaban J connectivity index is 2.07. The number of phenolic OH excluding ortho intramolecular Hbond substituents is 1. The van der Waals surface area contributed by atoms with E-state index in [0.29, 0.717) is 17.7 Å². The number of rotatable bonds is 12. The second-order valence-corrected chi connectivity index (χ2v) is 11.4. The molecule has 224 valence electrons. The smallest absolute Gasteiger partial charge is 0.408 e. The van der Waals surface area contributed by atoms with Crippen molar-refractivity contribution in [3.8, 4) is 5.75 Å². The van der Waals surface area contributed by atoms with Gasteiger partial charge in [-0.2, -0.15) is 0 Å². The molecule has 8 heteroatoms. The van der Waals surface area contributed by atoms with E-state index in [1.807, 2.05) is 55.5 Å². The number of hydrogen-bond donors (Lipinski definition) is 3. The summed E-state index contributed by atoms with van der Waals surface area (Å²) in [5.74, 6) is -0.862. The summed E-state index contributed by atoms with van der Waals surface area (Å²) in [7, 11) is 0. The van der Waals surface area contributed by atoms with E-state index in [1.165, 1.54) is 17.0 Å². The number of alkyl carbamates (subject to hydrolysis) is 1. The maximum atomic E-state index is 14.5. The maximum absolute atomic E-state index is 14.5. The lowest BCUT2D eigenvalue weighted by atomic mass is 9.99. The van der Waals surface area contributed by atoms with Gasteiger partial charge in [-0.25, -0.2) is 4.79 Å². The summed E-state index contributed by atoms with van der Waals surface area (Å²) in [6.07, 6.45) is 1.90. The molecule has 0 heterocycles. The van der Waals surface area contributed by atoms with Gasteiger partial charge in [0.15, 0.2) is 0 Å². The zero-order chi connectivity index (χ0) is 30.7. The zero-order valence-electron chi connectivity index (χ0n) is 25.2. The van der Waals surface area contributed by atoms with Gasteiger partial charge in [-0.15, -0.1) is 0 Å². The number of carbonyl (C=O) groups is 3. The SMILES string of the molecule is CCCCCN(C(=O)C(Cc1ccccc1)NC(=O)OC(C)(C)C)C(C(=O)Nc1ccccc1C)c1cccc(O)c1. The molecule has 0 aliphatic rings. The molecule has 0 fully saturated rings. The van der Waals surface area contributed by atoms with Crippen LogP contribution in [0.1, 0.15) is 69.7 Å². The molecule has 3 amide bonds. The van der Waals surface area contributed by atoms with Crippen molar-refractivity contribution >= 4 is 23.6 Å². The molecule has 42 heavy (non-hydrogen) atoms. The van der Waals surface area contributed by atoms with Crippen molar-refractivity contribution in [2.75, 3.05) is 11.9 Å². The summed E-state index contributed by atoms with van der Waals surface area (Å²) in [6.45, 7) is 9.49. The van der Waals surface area contributed by atoms with Crippen molar-refractivity contribution in [1.29, 1.82) is 0 Å². The summed E-state index contributed by atoms with van der Waals surface area (Å²) in [5, 5.41) is 16.1. The summed E-state index contributed by atoms with van der Waals surface area (Å²) < 4.78 is 5.50. The van der Waals surface area contributed by atoms with Crippen molar-refractivity contribution in [3.05, 3.63) is 95.6 Å². The molecule has 3 N–H and O–H groups in total. The number of aromatic hydroxyl groups is 1. The Kier molecular flexibility index (Phi) is 11.5. The summed E-state index contributed by atoms with van der Waals surface area (Å²) in [5.41, 5.74) is 2.04. The highest BCUT2D eigenvalue weighted by Gasteiger charge is 2.36. The first-order chi connectivity index (χ1) is 20.0. The van der Waals surface area contributed by atoms with Crippen LogP contribution in [0, 0.1) is 6.92 Å². The van der Waals surface area contributed by atoms with E-state index in [-0.39, 0.29) is 18.7 Å². The Bertz CT molecular complexity index is 1340. The second-order valence-electron chi connectivity index (χ2n) is 11.4. The average molecular weight is 574 g/mol. The number of nitrogens with one attached hydrogen (secondary N) is 2. The van der Waals surface area contributed by atoms with Crippen molar-refractivity contribution in [3.63, 3.8) is 0 Å². The highest BCUT2D eigenvalue weighted by molar-refractivity contribution is 5.99. The van der Waals surface area contributed by atoms with E-state index in [0.717, 1.165) is 24.0 Å². The lowest BCUT2D eigenvalue weighted by molar-refractivity contribution is -0.140. The van der Waals surface area contributed by atoms with Gasteiger partial charge in [-0.1, -0.05) is 80.4 Å². The number of ether oxygens (including phenoxy) is 1. The van der Waals surface area contributed by atoms with Crippen molar-refractivity contribution in [2.45, 2.75) is 78.0 Å². The van der Waals surface area contributed by atoms with Gasteiger partial charge in [-0.05, 0) is 69.0 Å². The van der Waals surface area contributed by atoms with Crippen LogP contribution >= 0.6 is 0 Å². The van der Waals surface area contributed by atoms with E-state index in [9.17, 15) is 19.5 Å². The van der Waals surface area contributed by atoms with E-state index in [1.54, 1.807) is 39.0 Å². The average Bonchev–Trinajstić information content (AvgIpc) is 2.92. The first kappa shape index (κ1) is 32.2. The molecule has 2 atom stereocenters. The predicted molar refractivity (Wildman–Crippen MR) is 165 cm³/mol. The van der Waals surface area contributed by atoms with Gasteiger partial charge in [0, 0.05) is 18.7 Å². The normalized spacial score (nSPS) is 12.6. The van der Waals surface area contributed by atoms with Crippen molar-refractivity contribution in [1.82, 2.24) is 10.2 Å². The lowest BCUT2D eigenvalue weighted by Crippen LogP contribution is -2.53. The van der Waals surface area contributed by atoms with E-state index < -0.39 is 35.6 Å². The van der Waals surface area contributed by atoms with Crippen LogP contribution in [0.5, 0.6) is 5.75 Å². The Hall–Kier alpha value is -4.33. The molecule has 3 aromatic carbocycles. The minimum atomic E-state index is -1.07. The van der Waals surface area contributed by atoms with Crippen LogP contribution in [0.4, 0.5) is 10.5 Å². The molecule has 3 aromatic rings. The maximum Gasteiger partial charge on any atom is 0.408 e. The molecule has 8 nitrogen and oxygen atoms in total. The molecule has 0 aliphatic carbocycles. The molecule has 0 saturated heterocycles. The van der Waals surface area contributed by atoms with Gasteiger partial charge < -0.3 is 25.4 Å². The molecular formula is C34H43N3O5. The van der Waals surface area contributed by atoms with Gasteiger partial charge in [0.2, 0.25) is 5.91 Å². The molecular weight excluding hydrogens is 530 g/mol. The summed E-state index contributed by atoms with van der Waals surface area (Å²) in [6, 6.07) is 21.1. The van der Waals surface area contributed by atoms with Crippen LogP contribution in [0.2, 0.25) is 0 Å². The topological polar surface area (TPSA) is 108 Å². The van der Waals surface area contributed by atoms with Gasteiger partial charge >= 0.3 is 6.09 Å². The van der Waals surface area contributed by atoms with Crippen molar-refractivity contribution in [2.24, 2.45) is 0 Å². The van der Waals surface area contributed by atoms with Gasteiger partial charge in [0.1, 0.15) is 23.4 Å². The minimum Gasteiger partial charge on any atom is -0.508 e. The number of para-hydroxylation sites is 1. The van der Waals surface area contributed by atoms with Gasteiger partial charge in [0.05, 0.1) is 0 Å². The minimum absolute atomic E-state index is 0.0186. The molecule has 0 spiro atoms. The number of amides is 3. The zero-order valence-corrected chi connectivity index (χ0v) is 25.2. The first-order valence-electron chi connectivity index (χ1n) is 14.5. The van der Waals surface area contributed by atoms with E-state index in [4.69, 9.17) is 4.74 Å². The van der Waals surface area contributed by atoms with E-state index in [2.05, 4.69) is 17.6 Å². The largest absolute Gasteiger partial charge is 0.508 e. The van der Waals surface area contributed by atoms with E-state index >= 15 is 0 Å². The number of benzene rings is 3. The second kappa shape index (κ2) is 15.1. The van der Waals surface area contributed by atoms with Crippen LogP contribution in [-0.4, -0.2) is 46.1 Å². The van der Waals surface area contributed by atoms with Crippen LogP contribution in [0.15, 0.2) is 78.9 Å². The Morgan fingerprint density at radius 3 is 2.26 bits per heavy atom. The Morgan fingerprint density at radius 2 is 1.62 bits per heavy atom. The number of unbranched alkanes of at least 4 members (excludes halogenated alkanes) is 2. The van der Waals surface area contributed by atoms with Crippen LogP contribution < -0.4 is 10.6 Å². The summed E-state index contributed by atoms with van der Waals surface area (Å²) in [4.78, 5) is 43.0. The third-order valence-corrected chi connectivity index (χ3v) is 6.71. The molecule has 3 rings (SSSR count). The lowest BCUT2D eigenvalue weighted by Gasteiger charge is -2.35. The first-order valence-corrected chi connectivity index (χ1v) is 14.5. The fourth-order valence-corrected chi connectivity index (χ4v) is 4.68. The summed E-state index contributed by atoms with van der Waals surface area (Å²) >= 11 is 0. The van der Waals surface area contributed by atoms with Gasteiger partial charge in [0.25, 0.3) is 5.91 Å². The molecule has 0 saturated carbocycles. The standard InChI is InChI=1S/C34H43N3O5/c1-6-7-13-21-37(32(40)29(22-25-16-9-8-10-17-25)36-33(41)42-34(3,4)5)30(26-18-14-19-27(38)23-26)31(39)35-28-20-12-11-15-24(28)2/h8-12,14-20,23,29-30,38H,6-7,13,21-22H2,1-5H3,(H,35,39)(H,36,41). The highest BCUT2D eigenvalue weighted by Crippen LogP contribution is 2.28. The molecule has 2 unspecified atom stereocenters. The van der Waals surface area contributed by atoms with Crippen molar-refractivity contribution < 1.29 is 24.2 Å². The van der Waals surface area contributed by atoms with Gasteiger partial charge in [-0.3, -0.25) is 9.59 Å². The number of nitrogens with zero attached hydrogens (tertiary/aromatic N) is 1. The number of anilines is 1. The molecule has 0 bridgehead atoms. The molecule has 0 aliphatic heterocycles. The highest BCUT2D eigenvalue weighted by atomic mass is 16.6. The Morgan fingerprint density at radius 1 is 0.929 bits per heavy atom. The van der Waals surface area contributed by atoms with Crippen LogP contribution in [-0.2, 0) is 20.7 Å². The number of aryl methyl sites for hydroxylation is 1. The quantitative estimate of drug-likeness (QED) is 0.213. The number of hydrogen-bond acceptors (Lipinski definition) is 5. The molecule has 0 radical (unpaired) electrons. The van der Waals surface area contributed by atoms with Crippen LogP contribution in [0.3, 0.4) is 0 Å². The monoisotopic (exact) mass is 573 g/mol. The molecule has 0 aromatic heterocycles. The number of phenols is 1. The fraction of sp³-hybridized carbons (Fsp3) is 0.382. The number of carbonyl (C=O) groups excluding carboxylic acids is 3. The van der Waals surface area contributed by atoms with Crippen LogP contribution in [0.25, 0.3) is 0 Å². The predicted octanol–water partition coefficient (Wildman–Crippen LogP) is 6.54. The fourth-order valence-electron chi connectivity index (χ4n) is 4.68. The third kappa shape index (κ3) is 9.65. The Labute approximate surface area is 249 Å².